The van der Waals surface area contributed by atoms with Gasteiger partial charge in [-0.2, -0.15) is 0 Å². The molecule has 0 radical (unpaired) electrons. The van der Waals surface area contributed by atoms with Crippen LogP contribution < -0.4 is 10.6 Å². The molecule has 0 bridgehead atoms. The first-order valence-corrected chi connectivity index (χ1v) is 7.28. The minimum absolute atomic E-state index is 0.0516. The molecule has 1 aliphatic heterocycles. The lowest BCUT2D eigenvalue weighted by atomic mass is 10.1. The molecule has 1 saturated heterocycles. The molecule has 1 aliphatic rings. The summed E-state index contributed by atoms with van der Waals surface area (Å²) >= 11 is 0. The van der Waals surface area contributed by atoms with E-state index in [-0.39, 0.29) is 11.9 Å². The van der Waals surface area contributed by atoms with E-state index in [1.165, 1.54) is 13.0 Å². The highest BCUT2D eigenvalue weighted by atomic mass is 16.5. The summed E-state index contributed by atoms with van der Waals surface area (Å²) in [6.45, 7) is 10.8. The lowest BCUT2D eigenvalue weighted by Crippen LogP contribution is -2.45. The van der Waals surface area contributed by atoms with Crippen molar-refractivity contribution in [3.8, 4) is 0 Å². The molecule has 1 rings (SSSR count). The predicted octanol–water partition coefficient (Wildman–Crippen LogP) is 0.457. The normalized spacial score (nSPS) is 21.8. The van der Waals surface area contributed by atoms with Gasteiger partial charge in [0.25, 0.3) is 0 Å². The Kier molecular flexibility index (Phi) is 7.34. The maximum absolute atomic E-state index is 11.8. The number of nitrogens with one attached hydrogen (secondary N) is 2. The van der Waals surface area contributed by atoms with Crippen molar-refractivity contribution in [2.45, 2.75) is 39.3 Å². The number of carbonyl (C=O) groups is 1. The molecular formula is C14H29N3O2. The molecule has 0 aliphatic carbocycles. The van der Waals surface area contributed by atoms with Crippen LogP contribution in [0.15, 0.2) is 0 Å². The molecule has 0 aromatic rings. The lowest BCUT2D eigenvalue weighted by molar-refractivity contribution is -0.123. The topological polar surface area (TPSA) is 53.6 Å². The number of amides is 1. The van der Waals surface area contributed by atoms with Crippen molar-refractivity contribution >= 4 is 5.91 Å². The maximum Gasteiger partial charge on any atom is 0.236 e. The number of hydrogen-bond donors (Lipinski definition) is 2. The third kappa shape index (κ3) is 5.89. The van der Waals surface area contributed by atoms with E-state index < -0.39 is 0 Å². The molecular weight excluding hydrogens is 242 g/mol. The van der Waals surface area contributed by atoms with Gasteiger partial charge in [0.05, 0.1) is 12.6 Å². The Morgan fingerprint density at radius 1 is 1.42 bits per heavy atom. The van der Waals surface area contributed by atoms with Gasteiger partial charge < -0.3 is 20.3 Å². The van der Waals surface area contributed by atoms with Gasteiger partial charge in [0.1, 0.15) is 0 Å². The summed E-state index contributed by atoms with van der Waals surface area (Å²) in [7, 11) is 1.63. The van der Waals surface area contributed by atoms with Crippen molar-refractivity contribution in [2.75, 3.05) is 39.9 Å². The van der Waals surface area contributed by atoms with Gasteiger partial charge in [0.2, 0.25) is 5.91 Å². The number of likely N-dealkylation sites (tertiary alicyclic amines) is 1. The Bertz CT molecular complexity index is 271. The number of carbonyl (C=O) groups excluding carboxylic acids is 1. The molecule has 1 amide bonds. The van der Waals surface area contributed by atoms with Crippen molar-refractivity contribution in [1.29, 1.82) is 0 Å². The van der Waals surface area contributed by atoms with E-state index in [0.29, 0.717) is 25.1 Å². The summed E-state index contributed by atoms with van der Waals surface area (Å²) in [5, 5.41) is 6.18. The molecule has 0 aromatic carbocycles. The Morgan fingerprint density at radius 3 is 2.74 bits per heavy atom. The van der Waals surface area contributed by atoms with E-state index in [4.69, 9.17) is 4.74 Å². The second kappa shape index (κ2) is 8.51. The molecule has 5 heteroatoms. The summed E-state index contributed by atoms with van der Waals surface area (Å²) < 4.78 is 4.91. The van der Waals surface area contributed by atoms with Gasteiger partial charge in [-0.1, -0.05) is 0 Å². The van der Waals surface area contributed by atoms with Gasteiger partial charge in [0.15, 0.2) is 0 Å². The summed E-state index contributed by atoms with van der Waals surface area (Å²) in [5.41, 5.74) is 0. The van der Waals surface area contributed by atoms with Gasteiger partial charge >= 0.3 is 0 Å². The highest BCUT2D eigenvalue weighted by molar-refractivity contribution is 5.81. The minimum atomic E-state index is -0.134. The standard InChI is InChI=1S/C14H29N3O2/c1-11(2)17-7-5-13(10-17)9-16-12(3)14(18)15-6-8-19-4/h11-13,16H,5-10H2,1-4H3,(H,15,18). The van der Waals surface area contributed by atoms with E-state index in [2.05, 4.69) is 29.4 Å². The van der Waals surface area contributed by atoms with Crippen LogP contribution in [0.4, 0.5) is 0 Å². The maximum atomic E-state index is 11.8. The number of nitrogens with zero attached hydrogens (tertiary/aromatic N) is 1. The van der Waals surface area contributed by atoms with E-state index in [1.807, 2.05) is 6.92 Å². The van der Waals surface area contributed by atoms with Crippen LogP contribution in [0, 0.1) is 5.92 Å². The first-order chi connectivity index (χ1) is 9.04. The zero-order chi connectivity index (χ0) is 14.3. The van der Waals surface area contributed by atoms with E-state index in [9.17, 15) is 4.79 Å². The Labute approximate surface area is 117 Å². The van der Waals surface area contributed by atoms with E-state index >= 15 is 0 Å². The van der Waals surface area contributed by atoms with Crippen LogP contribution in [-0.4, -0.2) is 62.8 Å². The minimum Gasteiger partial charge on any atom is -0.383 e. The zero-order valence-corrected chi connectivity index (χ0v) is 12.7. The second-order valence-electron chi connectivity index (χ2n) is 5.66. The molecule has 0 saturated carbocycles. The third-order valence-electron chi connectivity index (χ3n) is 3.76. The van der Waals surface area contributed by atoms with Crippen LogP contribution >= 0.6 is 0 Å². The summed E-state index contributed by atoms with van der Waals surface area (Å²) in [6, 6.07) is 0.490. The van der Waals surface area contributed by atoms with Gasteiger partial charge in [-0.15, -0.1) is 0 Å². The average molecular weight is 271 g/mol. The van der Waals surface area contributed by atoms with Gasteiger partial charge in [-0.3, -0.25) is 4.79 Å². The summed E-state index contributed by atoms with van der Waals surface area (Å²) in [5.74, 6) is 0.715. The molecule has 19 heavy (non-hydrogen) atoms. The largest absolute Gasteiger partial charge is 0.383 e. The monoisotopic (exact) mass is 271 g/mol. The summed E-state index contributed by atoms with van der Waals surface area (Å²) in [6.07, 6.45) is 1.23. The quantitative estimate of drug-likeness (QED) is 0.630. The summed E-state index contributed by atoms with van der Waals surface area (Å²) in [4.78, 5) is 14.3. The fraction of sp³-hybridized carbons (Fsp3) is 0.929. The van der Waals surface area contributed by atoms with Crippen LogP contribution in [0.2, 0.25) is 0 Å². The smallest absolute Gasteiger partial charge is 0.236 e. The lowest BCUT2D eigenvalue weighted by Gasteiger charge is -2.21. The molecule has 1 fully saturated rings. The average Bonchev–Trinajstić information content (AvgIpc) is 2.85. The molecule has 2 N–H and O–H groups in total. The molecule has 1 heterocycles. The van der Waals surface area contributed by atoms with Crippen molar-refractivity contribution in [1.82, 2.24) is 15.5 Å². The fourth-order valence-electron chi connectivity index (χ4n) is 2.36. The third-order valence-corrected chi connectivity index (χ3v) is 3.76. The fourth-order valence-corrected chi connectivity index (χ4v) is 2.36. The van der Waals surface area contributed by atoms with Gasteiger partial charge in [0, 0.05) is 26.2 Å². The first-order valence-electron chi connectivity index (χ1n) is 7.28. The van der Waals surface area contributed by atoms with Gasteiger partial charge in [-0.05, 0) is 46.2 Å². The highest BCUT2D eigenvalue weighted by Gasteiger charge is 2.24. The predicted molar refractivity (Wildman–Crippen MR) is 77.2 cm³/mol. The number of hydrogen-bond acceptors (Lipinski definition) is 4. The number of rotatable bonds is 8. The van der Waals surface area contributed by atoms with E-state index in [1.54, 1.807) is 7.11 Å². The Morgan fingerprint density at radius 2 is 2.16 bits per heavy atom. The zero-order valence-electron chi connectivity index (χ0n) is 12.7. The molecule has 112 valence electrons. The van der Waals surface area contributed by atoms with Crippen LogP contribution in [0.25, 0.3) is 0 Å². The second-order valence-corrected chi connectivity index (χ2v) is 5.66. The van der Waals surface area contributed by atoms with Crippen molar-refractivity contribution in [3.05, 3.63) is 0 Å². The van der Waals surface area contributed by atoms with Gasteiger partial charge in [-0.25, -0.2) is 0 Å². The highest BCUT2D eigenvalue weighted by Crippen LogP contribution is 2.17. The molecule has 0 spiro atoms. The number of methoxy groups -OCH3 is 1. The van der Waals surface area contributed by atoms with Crippen molar-refractivity contribution in [2.24, 2.45) is 5.92 Å². The van der Waals surface area contributed by atoms with E-state index in [0.717, 1.165) is 13.1 Å². The first kappa shape index (κ1) is 16.4. The van der Waals surface area contributed by atoms with Crippen molar-refractivity contribution < 1.29 is 9.53 Å². The van der Waals surface area contributed by atoms with Crippen molar-refractivity contribution in [3.63, 3.8) is 0 Å². The van der Waals surface area contributed by atoms with Crippen LogP contribution in [-0.2, 0) is 9.53 Å². The molecule has 2 atom stereocenters. The molecule has 5 nitrogen and oxygen atoms in total. The number of ether oxygens (including phenoxy) is 1. The SMILES string of the molecule is COCCNC(=O)C(C)NCC1CCN(C(C)C)C1. The van der Waals surface area contributed by atoms with Crippen LogP contribution in [0.5, 0.6) is 0 Å². The molecule has 2 unspecified atom stereocenters. The van der Waals surface area contributed by atoms with Crippen LogP contribution in [0.3, 0.4) is 0 Å². The Balaban J connectivity index is 2.16. The van der Waals surface area contributed by atoms with Crippen LogP contribution in [0.1, 0.15) is 27.2 Å². The Hall–Kier alpha value is -0.650. The molecule has 0 aromatic heterocycles.